The van der Waals surface area contributed by atoms with Crippen molar-refractivity contribution in [3.63, 3.8) is 0 Å². The highest BCUT2D eigenvalue weighted by Gasteiger charge is 2.14. The molecule has 3 rings (SSSR count). The molecule has 0 aliphatic carbocycles. The largest absolute Gasteiger partial charge is 0.454 e. The molecule has 0 atom stereocenters. The van der Waals surface area contributed by atoms with Gasteiger partial charge in [-0.1, -0.05) is 0 Å². The molecule has 1 aliphatic heterocycles. The minimum absolute atomic E-state index is 0.298. The molecular formula is C13H15N3O2. The summed E-state index contributed by atoms with van der Waals surface area (Å²) in [6.07, 6.45) is 0.939. The summed E-state index contributed by atoms with van der Waals surface area (Å²) in [5, 5.41) is 10.5. The Morgan fingerprint density at radius 2 is 2.17 bits per heavy atom. The highest BCUT2D eigenvalue weighted by Crippen LogP contribution is 2.35. The van der Waals surface area contributed by atoms with Gasteiger partial charge in [0.05, 0.1) is 5.69 Å². The molecule has 0 spiro atoms. The molecule has 0 fully saturated rings. The molecule has 1 aliphatic rings. The van der Waals surface area contributed by atoms with Gasteiger partial charge < -0.3 is 14.8 Å². The molecule has 0 saturated heterocycles. The number of aromatic nitrogens is 2. The van der Waals surface area contributed by atoms with Crippen LogP contribution in [0.15, 0.2) is 24.3 Å². The normalized spacial score (nSPS) is 12.9. The molecule has 18 heavy (non-hydrogen) atoms. The van der Waals surface area contributed by atoms with Crippen LogP contribution in [-0.4, -0.2) is 30.6 Å². The predicted octanol–water partition coefficient (Wildman–Crippen LogP) is 1.57. The van der Waals surface area contributed by atoms with Gasteiger partial charge in [-0.3, -0.25) is 5.10 Å². The number of benzene rings is 1. The number of hydrogen-bond acceptors (Lipinski definition) is 4. The minimum Gasteiger partial charge on any atom is -0.454 e. The molecule has 0 amide bonds. The van der Waals surface area contributed by atoms with Gasteiger partial charge in [0, 0.05) is 24.2 Å². The zero-order valence-electron chi connectivity index (χ0n) is 10.2. The average molecular weight is 245 g/mol. The van der Waals surface area contributed by atoms with Crippen molar-refractivity contribution in [1.29, 1.82) is 0 Å². The maximum atomic E-state index is 5.36. The lowest BCUT2D eigenvalue weighted by Crippen LogP contribution is -2.10. The first kappa shape index (κ1) is 11.1. The number of aromatic amines is 1. The van der Waals surface area contributed by atoms with E-state index < -0.39 is 0 Å². The first-order valence-corrected chi connectivity index (χ1v) is 5.96. The van der Waals surface area contributed by atoms with E-state index in [0.717, 1.165) is 41.4 Å². The van der Waals surface area contributed by atoms with Crippen molar-refractivity contribution in [1.82, 2.24) is 15.5 Å². The molecule has 1 aromatic heterocycles. The van der Waals surface area contributed by atoms with Crippen LogP contribution in [-0.2, 0) is 6.42 Å². The molecule has 2 aromatic rings. The van der Waals surface area contributed by atoms with Crippen LogP contribution in [0.3, 0.4) is 0 Å². The van der Waals surface area contributed by atoms with Gasteiger partial charge in [0.15, 0.2) is 11.5 Å². The number of ether oxygens (including phenoxy) is 2. The summed E-state index contributed by atoms with van der Waals surface area (Å²) in [5.41, 5.74) is 3.09. The van der Waals surface area contributed by atoms with Gasteiger partial charge in [-0.2, -0.15) is 5.10 Å². The predicted molar refractivity (Wildman–Crippen MR) is 67.8 cm³/mol. The van der Waals surface area contributed by atoms with Crippen molar-refractivity contribution in [3.05, 3.63) is 30.0 Å². The van der Waals surface area contributed by atoms with Gasteiger partial charge in [-0.15, -0.1) is 0 Å². The monoisotopic (exact) mass is 245 g/mol. The Bertz CT molecular complexity index is 551. The average Bonchev–Trinajstić information content (AvgIpc) is 3.04. The van der Waals surface area contributed by atoms with Gasteiger partial charge >= 0.3 is 0 Å². The molecule has 0 bridgehead atoms. The Hall–Kier alpha value is -2.01. The lowest BCUT2D eigenvalue weighted by atomic mass is 10.1. The zero-order chi connectivity index (χ0) is 12.4. The van der Waals surface area contributed by atoms with Crippen LogP contribution < -0.4 is 14.8 Å². The summed E-state index contributed by atoms with van der Waals surface area (Å²) in [4.78, 5) is 0. The van der Waals surface area contributed by atoms with E-state index in [9.17, 15) is 0 Å². The van der Waals surface area contributed by atoms with Gasteiger partial charge in [0.1, 0.15) is 0 Å². The standard InChI is InChI=1S/C13H15N3O2/c1-14-5-4-10-7-11(16-15-10)9-2-3-12-13(6-9)18-8-17-12/h2-3,6-7,14H,4-5,8H2,1H3,(H,15,16). The fourth-order valence-corrected chi connectivity index (χ4v) is 1.95. The van der Waals surface area contributed by atoms with Crippen LogP contribution in [0, 0.1) is 0 Å². The second-order valence-electron chi connectivity index (χ2n) is 4.20. The van der Waals surface area contributed by atoms with Gasteiger partial charge in [0.25, 0.3) is 0 Å². The fraction of sp³-hybridized carbons (Fsp3) is 0.308. The number of nitrogens with one attached hydrogen (secondary N) is 2. The van der Waals surface area contributed by atoms with Crippen LogP contribution in [0.4, 0.5) is 0 Å². The van der Waals surface area contributed by atoms with Crippen molar-refractivity contribution >= 4 is 0 Å². The highest BCUT2D eigenvalue weighted by molar-refractivity contribution is 5.64. The van der Waals surface area contributed by atoms with Gasteiger partial charge in [-0.05, 0) is 31.3 Å². The fourth-order valence-electron chi connectivity index (χ4n) is 1.95. The molecule has 0 radical (unpaired) electrons. The first-order valence-electron chi connectivity index (χ1n) is 5.96. The molecule has 2 heterocycles. The van der Waals surface area contributed by atoms with Gasteiger partial charge in [-0.25, -0.2) is 0 Å². The summed E-state index contributed by atoms with van der Waals surface area (Å²) >= 11 is 0. The first-order chi connectivity index (χ1) is 8.86. The number of rotatable bonds is 4. The van der Waals surface area contributed by atoms with Crippen LogP contribution in [0.1, 0.15) is 5.69 Å². The number of likely N-dealkylation sites (N-methyl/N-ethyl adjacent to an activating group) is 1. The quantitative estimate of drug-likeness (QED) is 0.858. The molecule has 0 unspecified atom stereocenters. The van der Waals surface area contributed by atoms with E-state index in [-0.39, 0.29) is 0 Å². The summed E-state index contributed by atoms with van der Waals surface area (Å²) in [5.74, 6) is 1.58. The Morgan fingerprint density at radius 1 is 1.28 bits per heavy atom. The van der Waals surface area contributed by atoms with Crippen molar-refractivity contribution in [2.75, 3.05) is 20.4 Å². The third-order valence-corrected chi connectivity index (χ3v) is 2.94. The number of hydrogen-bond donors (Lipinski definition) is 2. The van der Waals surface area contributed by atoms with Crippen LogP contribution in [0.2, 0.25) is 0 Å². The van der Waals surface area contributed by atoms with Crippen molar-refractivity contribution in [2.45, 2.75) is 6.42 Å². The Balaban J connectivity index is 1.83. The van der Waals surface area contributed by atoms with Crippen molar-refractivity contribution < 1.29 is 9.47 Å². The SMILES string of the molecule is CNCCc1cc(-c2ccc3c(c2)OCO3)n[nH]1. The Kier molecular flexibility index (Phi) is 2.90. The molecule has 5 heteroatoms. The van der Waals surface area contributed by atoms with Crippen molar-refractivity contribution in [3.8, 4) is 22.8 Å². The summed E-state index contributed by atoms with van der Waals surface area (Å²) < 4.78 is 10.7. The number of fused-ring (bicyclic) bond motifs is 1. The summed E-state index contributed by atoms with van der Waals surface area (Å²) in [6.45, 7) is 1.23. The van der Waals surface area contributed by atoms with Crippen molar-refractivity contribution in [2.24, 2.45) is 0 Å². The second kappa shape index (κ2) is 4.70. The third-order valence-electron chi connectivity index (χ3n) is 2.94. The Morgan fingerprint density at radius 3 is 3.06 bits per heavy atom. The molecule has 1 aromatic carbocycles. The van der Waals surface area contributed by atoms with E-state index >= 15 is 0 Å². The lowest BCUT2D eigenvalue weighted by Gasteiger charge is -1.99. The topological polar surface area (TPSA) is 59.2 Å². The van der Waals surface area contributed by atoms with E-state index in [1.54, 1.807) is 0 Å². The van der Waals surface area contributed by atoms with E-state index in [2.05, 4.69) is 21.6 Å². The maximum absolute atomic E-state index is 5.36. The second-order valence-corrected chi connectivity index (χ2v) is 4.20. The zero-order valence-corrected chi connectivity index (χ0v) is 10.2. The molecule has 94 valence electrons. The van der Waals surface area contributed by atoms with E-state index in [1.807, 2.05) is 25.2 Å². The molecule has 2 N–H and O–H groups in total. The molecule has 5 nitrogen and oxygen atoms in total. The lowest BCUT2D eigenvalue weighted by molar-refractivity contribution is 0.174. The van der Waals surface area contributed by atoms with E-state index in [0.29, 0.717) is 6.79 Å². The number of nitrogens with zero attached hydrogens (tertiary/aromatic N) is 1. The van der Waals surface area contributed by atoms with E-state index in [4.69, 9.17) is 9.47 Å². The summed E-state index contributed by atoms with van der Waals surface area (Å²) in [6, 6.07) is 7.93. The molecule has 0 saturated carbocycles. The Labute approximate surface area is 105 Å². The highest BCUT2D eigenvalue weighted by atomic mass is 16.7. The van der Waals surface area contributed by atoms with Gasteiger partial charge in [0.2, 0.25) is 6.79 Å². The smallest absolute Gasteiger partial charge is 0.231 e. The molecular weight excluding hydrogens is 230 g/mol. The van der Waals surface area contributed by atoms with Crippen LogP contribution >= 0.6 is 0 Å². The minimum atomic E-state index is 0.298. The third kappa shape index (κ3) is 2.04. The van der Waals surface area contributed by atoms with E-state index in [1.165, 1.54) is 0 Å². The van der Waals surface area contributed by atoms with Crippen LogP contribution in [0.25, 0.3) is 11.3 Å². The summed E-state index contributed by atoms with van der Waals surface area (Å²) in [7, 11) is 1.94. The maximum Gasteiger partial charge on any atom is 0.231 e. The number of H-pyrrole nitrogens is 1. The van der Waals surface area contributed by atoms with Crippen LogP contribution in [0.5, 0.6) is 11.5 Å².